The van der Waals surface area contributed by atoms with Crippen molar-refractivity contribution in [3.63, 3.8) is 0 Å². The lowest BCUT2D eigenvalue weighted by molar-refractivity contribution is -0.152. The third-order valence-corrected chi connectivity index (χ3v) is 8.14. The molecule has 1 amide bonds. The molecule has 0 aromatic rings. The van der Waals surface area contributed by atoms with E-state index >= 15 is 0 Å². The Morgan fingerprint density at radius 2 is 1.70 bits per heavy atom. The molecule has 252 valence electrons. The highest BCUT2D eigenvalue weighted by Crippen LogP contribution is 2.19. The molecule has 1 heterocycles. The van der Waals surface area contributed by atoms with Crippen LogP contribution in [0, 0.1) is 11.8 Å². The number of rotatable bonds is 5. The van der Waals surface area contributed by atoms with E-state index in [9.17, 15) is 29.7 Å². The molecule has 0 saturated carbocycles. The molecule has 0 fully saturated rings. The second kappa shape index (κ2) is 23.1. The zero-order valence-electron chi connectivity index (χ0n) is 27.8. The standard InChI is InChI=1S/C35H59NO8/c1-6-12-33-34(41)36-23-30(38)22-32(40)31(39)20-19-28(24-43-5)16-10-14-27(7-2)15-11-18-29(37)17-9-8-13-25(3)21-26(4)35(42)44-33/h10,14,16,21,25,27,30-33,38-40H,6-9,11-13,15,17-20,22-24H2,1-5H3,(H,36,41)/b14-10+,26-21+,28-16+. The molecule has 0 bridgehead atoms. The van der Waals surface area contributed by atoms with Gasteiger partial charge in [0.15, 0.2) is 6.10 Å². The Labute approximate surface area is 265 Å². The number of nitrogens with one attached hydrogen (secondary N) is 1. The average molecular weight is 622 g/mol. The first-order valence-corrected chi connectivity index (χ1v) is 16.6. The summed E-state index contributed by atoms with van der Waals surface area (Å²) < 4.78 is 10.8. The van der Waals surface area contributed by atoms with Gasteiger partial charge < -0.3 is 30.1 Å². The van der Waals surface area contributed by atoms with Gasteiger partial charge in [0.25, 0.3) is 5.91 Å². The van der Waals surface area contributed by atoms with Crippen LogP contribution in [0.15, 0.2) is 35.5 Å². The number of ether oxygens (including phenoxy) is 2. The smallest absolute Gasteiger partial charge is 0.334 e. The van der Waals surface area contributed by atoms with Crippen molar-refractivity contribution in [3.05, 3.63) is 35.5 Å². The van der Waals surface area contributed by atoms with Gasteiger partial charge in [-0.3, -0.25) is 9.59 Å². The van der Waals surface area contributed by atoms with Crippen molar-refractivity contribution in [3.8, 4) is 0 Å². The molecule has 0 radical (unpaired) electrons. The summed E-state index contributed by atoms with van der Waals surface area (Å²) in [4.78, 5) is 38.0. The van der Waals surface area contributed by atoms with Crippen LogP contribution in [0.25, 0.3) is 0 Å². The summed E-state index contributed by atoms with van der Waals surface area (Å²) in [6, 6.07) is 0. The number of esters is 1. The predicted molar refractivity (Wildman–Crippen MR) is 173 cm³/mol. The number of β-amino-alcohol motifs (C(OH)–C–C–N with tert-alkyl or cyclic N) is 1. The van der Waals surface area contributed by atoms with E-state index in [4.69, 9.17) is 9.47 Å². The number of hydrogen-bond acceptors (Lipinski definition) is 8. The summed E-state index contributed by atoms with van der Waals surface area (Å²) in [5.74, 6) is -0.300. The van der Waals surface area contributed by atoms with Crippen molar-refractivity contribution in [2.45, 2.75) is 136 Å². The number of allylic oxidation sites excluding steroid dienone is 4. The SMILES string of the molecule is CCCC1OC(=O)/C(C)=C/C(C)CCCCC(=O)CCCC(CC)/C=C/C=C(/COC)CCC(O)C(O)CC(O)CNC1=O. The number of aliphatic hydroxyl groups excluding tert-OH is 3. The molecular weight excluding hydrogens is 562 g/mol. The molecule has 0 saturated heterocycles. The number of ketones is 1. The Kier molecular flexibility index (Phi) is 20.8. The minimum Gasteiger partial charge on any atom is -0.449 e. The zero-order chi connectivity index (χ0) is 32.9. The van der Waals surface area contributed by atoms with Crippen molar-refractivity contribution in [2.24, 2.45) is 11.8 Å². The van der Waals surface area contributed by atoms with Gasteiger partial charge in [-0.15, -0.1) is 0 Å². The third kappa shape index (κ3) is 17.2. The van der Waals surface area contributed by atoms with Crippen LogP contribution in [0.5, 0.6) is 0 Å². The van der Waals surface area contributed by atoms with Gasteiger partial charge in [-0.1, -0.05) is 57.9 Å². The molecule has 9 nitrogen and oxygen atoms in total. The highest BCUT2D eigenvalue weighted by molar-refractivity contribution is 5.91. The highest BCUT2D eigenvalue weighted by atomic mass is 16.5. The number of cyclic esters (lactones) is 1. The van der Waals surface area contributed by atoms with E-state index in [1.807, 2.05) is 32.1 Å². The van der Waals surface area contributed by atoms with Gasteiger partial charge in [0, 0.05) is 38.5 Å². The topological polar surface area (TPSA) is 142 Å². The monoisotopic (exact) mass is 621 g/mol. The molecule has 44 heavy (non-hydrogen) atoms. The normalized spacial score (nSPS) is 32.1. The van der Waals surface area contributed by atoms with Gasteiger partial charge in [0.05, 0.1) is 24.9 Å². The van der Waals surface area contributed by atoms with E-state index in [0.717, 1.165) is 44.1 Å². The minimum atomic E-state index is -1.18. The second-order valence-corrected chi connectivity index (χ2v) is 12.3. The first kappa shape index (κ1) is 39.7. The van der Waals surface area contributed by atoms with Crippen LogP contribution in [0.3, 0.4) is 0 Å². The Hall–Kier alpha value is -2.33. The second-order valence-electron chi connectivity index (χ2n) is 12.3. The molecule has 6 unspecified atom stereocenters. The van der Waals surface area contributed by atoms with Crippen LogP contribution in [-0.2, 0) is 23.9 Å². The van der Waals surface area contributed by atoms with Crippen molar-refractivity contribution in [2.75, 3.05) is 20.3 Å². The maximum atomic E-state index is 12.8. The fourth-order valence-corrected chi connectivity index (χ4v) is 5.33. The van der Waals surface area contributed by atoms with E-state index in [2.05, 4.69) is 18.3 Å². The highest BCUT2D eigenvalue weighted by Gasteiger charge is 2.25. The lowest BCUT2D eigenvalue weighted by Gasteiger charge is -2.22. The number of methoxy groups -OCH3 is 1. The van der Waals surface area contributed by atoms with Crippen LogP contribution in [-0.4, -0.2) is 77.7 Å². The van der Waals surface area contributed by atoms with Crippen molar-refractivity contribution >= 4 is 17.7 Å². The summed E-state index contributed by atoms with van der Waals surface area (Å²) >= 11 is 0. The van der Waals surface area contributed by atoms with E-state index < -0.39 is 36.3 Å². The van der Waals surface area contributed by atoms with Gasteiger partial charge in [0.2, 0.25) is 0 Å². The lowest BCUT2D eigenvalue weighted by atomic mass is 9.95. The Bertz CT molecular complexity index is 943. The lowest BCUT2D eigenvalue weighted by Crippen LogP contribution is -2.42. The molecule has 0 aromatic carbocycles. The molecule has 1 aliphatic rings. The fraction of sp³-hybridized carbons (Fsp3) is 0.743. The predicted octanol–water partition coefficient (Wildman–Crippen LogP) is 5.12. The van der Waals surface area contributed by atoms with Crippen LogP contribution >= 0.6 is 0 Å². The van der Waals surface area contributed by atoms with Gasteiger partial charge in [-0.2, -0.15) is 0 Å². The van der Waals surface area contributed by atoms with Gasteiger partial charge in [-0.05, 0) is 75.7 Å². The van der Waals surface area contributed by atoms with Crippen LogP contribution in [0.2, 0.25) is 0 Å². The quantitative estimate of drug-likeness (QED) is 0.310. The molecule has 4 N–H and O–H groups in total. The van der Waals surface area contributed by atoms with Crippen LogP contribution < -0.4 is 5.32 Å². The molecular formula is C35H59NO8. The molecule has 0 spiro atoms. The minimum absolute atomic E-state index is 0.121. The first-order chi connectivity index (χ1) is 21.0. The van der Waals surface area contributed by atoms with Gasteiger partial charge in [0.1, 0.15) is 5.78 Å². The Morgan fingerprint density at radius 1 is 0.977 bits per heavy atom. The Morgan fingerprint density at radius 3 is 2.39 bits per heavy atom. The summed E-state index contributed by atoms with van der Waals surface area (Å²) in [7, 11) is 1.61. The number of carbonyl (C=O) groups excluding carboxylic acids is 3. The van der Waals surface area contributed by atoms with Gasteiger partial charge >= 0.3 is 5.97 Å². The summed E-state index contributed by atoms with van der Waals surface area (Å²) in [5, 5.41) is 34.1. The van der Waals surface area contributed by atoms with Crippen molar-refractivity contribution in [1.82, 2.24) is 5.32 Å². The average Bonchev–Trinajstić information content (AvgIpc) is 2.98. The maximum Gasteiger partial charge on any atom is 0.334 e. The zero-order valence-corrected chi connectivity index (χ0v) is 27.8. The van der Waals surface area contributed by atoms with E-state index in [1.165, 1.54) is 0 Å². The number of aliphatic hydroxyl groups is 3. The molecule has 0 aliphatic carbocycles. The van der Waals surface area contributed by atoms with E-state index in [1.54, 1.807) is 14.0 Å². The third-order valence-electron chi connectivity index (χ3n) is 8.14. The maximum absolute atomic E-state index is 12.8. The summed E-state index contributed by atoms with van der Waals surface area (Å²) in [6.07, 6.45) is 11.7. The van der Waals surface area contributed by atoms with Crippen molar-refractivity contribution < 1.29 is 39.2 Å². The van der Waals surface area contributed by atoms with E-state index in [-0.39, 0.29) is 31.1 Å². The molecule has 1 aliphatic heterocycles. The van der Waals surface area contributed by atoms with E-state index in [0.29, 0.717) is 50.2 Å². The molecule has 1 rings (SSSR count). The molecule has 6 atom stereocenters. The van der Waals surface area contributed by atoms with Gasteiger partial charge in [-0.25, -0.2) is 4.79 Å². The number of carbonyl (C=O) groups is 3. The Balaban J connectivity index is 3.00. The number of hydrogen-bond donors (Lipinski definition) is 4. The number of amides is 1. The first-order valence-electron chi connectivity index (χ1n) is 16.6. The number of Topliss-reactive ketones (excluding diaryl/α,β-unsaturated/α-hetero) is 1. The largest absolute Gasteiger partial charge is 0.449 e. The molecule has 9 heteroatoms. The fourth-order valence-electron chi connectivity index (χ4n) is 5.33. The van der Waals surface area contributed by atoms with Crippen LogP contribution in [0.1, 0.15) is 111 Å². The summed E-state index contributed by atoms with van der Waals surface area (Å²) in [5.41, 5.74) is 1.40. The van der Waals surface area contributed by atoms with Crippen molar-refractivity contribution in [1.29, 1.82) is 0 Å². The molecule has 0 aromatic heterocycles. The summed E-state index contributed by atoms with van der Waals surface area (Å²) in [6.45, 7) is 7.96. The van der Waals surface area contributed by atoms with Crippen LogP contribution in [0.4, 0.5) is 0 Å².